The summed E-state index contributed by atoms with van der Waals surface area (Å²) in [7, 11) is 0. The van der Waals surface area contributed by atoms with Crippen LogP contribution < -0.4 is 5.32 Å². The number of nitrogens with zero attached hydrogens (tertiary/aromatic N) is 1. The van der Waals surface area contributed by atoms with Crippen LogP contribution in [0.15, 0.2) is 30.3 Å². The summed E-state index contributed by atoms with van der Waals surface area (Å²) in [4.78, 5) is 25.9. The smallest absolute Gasteiger partial charge is 0.243 e. The Morgan fingerprint density at radius 3 is 2.45 bits per heavy atom. The van der Waals surface area contributed by atoms with Crippen LogP contribution in [0.25, 0.3) is 0 Å². The van der Waals surface area contributed by atoms with E-state index in [2.05, 4.69) is 24.4 Å². The van der Waals surface area contributed by atoms with Crippen molar-refractivity contribution >= 4 is 11.8 Å². The number of carbonyl (C=O) groups is 2. The van der Waals surface area contributed by atoms with Crippen LogP contribution in [0, 0.1) is 5.92 Å². The summed E-state index contributed by atoms with van der Waals surface area (Å²) in [5.41, 5.74) is 1.19. The predicted molar refractivity (Wildman–Crippen MR) is 78.2 cm³/mol. The van der Waals surface area contributed by atoms with Gasteiger partial charge in [0.05, 0.1) is 6.54 Å². The first kappa shape index (κ1) is 14.6. The van der Waals surface area contributed by atoms with Crippen LogP contribution in [0.1, 0.15) is 32.3 Å². The zero-order chi connectivity index (χ0) is 14.7. The highest BCUT2D eigenvalue weighted by Crippen LogP contribution is 2.21. The Hall–Kier alpha value is -1.84. The van der Waals surface area contributed by atoms with Gasteiger partial charge in [-0.1, -0.05) is 51.1 Å². The summed E-state index contributed by atoms with van der Waals surface area (Å²) in [6.45, 7) is 6.74. The van der Waals surface area contributed by atoms with Gasteiger partial charge in [-0.2, -0.15) is 0 Å². The van der Waals surface area contributed by atoms with Gasteiger partial charge in [0.25, 0.3) is 0 Å². The van der Waals surface area contributed by atoms with Gasteiger partial charge >= 0.3 is 0 Å². The average molecular weight is 274 g/mol. The second-order valence-corrected chi connectivity index (χ2v) is 5.76. The largest absolute Gasteiger partial charge is 0.345 e. The molecule has 0 spiro atoms. The van der Waals surface area contributed by atoms with Crippen molar-refractivity contribution in [3.05, 3.63) is 35.9 Å². The molecule has 2 atom stereocenters. The molecule has 0 saturated carbocycles. The zero-order valence-electron chi connectivity index (χ0n) is 12.3. The predicted octanol–water partition coefficient (Wildman–Crippen LogP) is 1.77. The van der Waals surface area contributed by atoms with Crippen molar-refractivity contribution in [3.63, 3.8) is 0 Å². The molecule has 1 saturated heterocycles. The van der Waals surface area contributed by atoms with Crippen LogP contribution in [-0.4, -0.2) is 35.8 Å². The summed E-state index contributed by atoms with van der Waals surface area (Å²) in [6.07, 6.45) is 0. The van der Waals surface area contributed by atoms with Crippen molar-refractivity contribution in [2.75, 3.05) is 13.1 Å². The van der Waals surface area contributed by atoms with Gasteiger partial charge in [-0.25, -0.2) is 0 Å². The molecule has 2 unspecified atom stereocenters. The van der Waals surface area contributed by atoms with E-state index in [-0.39, 0.29) is 36.2 Å². The Balaban J connectivity index is 2.16. The number of carbonyl (C=O) groups excluding carboxylic acids is 2. The van der Waals surface area contributed by atoms with Gasteiger partial charge in [0.15, 0.2) is 0 Å². The maximum atomic E-state index is 12.1. The highest BCUT2D eigenvalue weighted by atomic mass is 16.2. The molecule has 0 aliphatic carbocycles. The molecule has 1 fully saturated rings. The van der Waals surface area contributed by atoms with Crippen LogP contribution in [0.2, 0.25) is 0 Å². The van der Waals surface area contributed by atoms with E-state index in [0.29, 0.717) is 6.54 Å². The molecule has 1 aromatic carbocycles. The molecule has 2 amide bonds. The van der Waals surface area contributed by atoms with Crippen LogP contribution in [0.3, 0.4) is 0 Å². The lowest BCUT2D eigenvalue weighted by Crippen LogP contribution is -2.60. The molecule has 108 valence electrons. The van der Waals surface area contributed by atoms with Crippen molar-refractivity contribution in [3.8, 4) is 0 Å². The van der Waals surface area contributed by atoms with Crippen LogP contribution >= 0.6 is 0 Å². The third-order valence-corrected chi connectivity index (χ3v) is 3.81. The quantitative estimate of drug-likeness (QED) is 0.909. The lowest BCUT2D eigenvalue weighted by Gasteiger charge is -2.38. The normalized spacial score (nSPS) is 21.0. The monoisotopic (exact) mass is 274 g/mol. The summed E-state index contributed by atoms with van der Waals surface area (Å²) >= 11 is 0. The van der Waals surface area contributed by atoms with Crippen molar-refractivity contribution < 1.29 is 9.59 Å². The minimum Gasteiger partial charge on any atom is -0.345 e. The molecule has 0 aromatic heterocycles. The molecule has 0 radical (unpaired) electrons. The highest BCUT2D eigenvalue weighted by molar-refractivity contribution is 5.95. The fourth-order valence-electron chi connectivity index (χ4n) is 2.73. The molecule has 1 aromatic rings. The molecule has 4 nitrogen and oxygen atoms in total. The first-order chi connectivity index (χ1) is 9.50. The highest BCUT2D eigenvalue weighted by Gasteiger charge is 2.36. The molecule has 1 heterocycles. The fourth-order valence-corrected chi connectivity index (χ4v) is 2.73. The van der Waals surface area contributed by atoms with E-state index in [1.807, 2.05) is 32.0 Å². The van der Waals surface area contributed by atoms with E-state index in [4.69, 9.17) is 0 Å². The molecule has 20 heavy (non-hydrogen) atoms. The van der Waals surface area contributed by atoms with E-state index < -0.39 is 0 Å². The topological polar surface area (TPSA) is 49.4 Å². The van der Waals surface area contributed by atoms with E-state index >= 15 is 0 Å². The SMILES string of the molecule is CC(CN1C(=O)CNC(=O)C1C(C)C)c1ccccc1. The van der Waals surface area contributed by atoms with Crippen molar-refractivity contribution in [2.24, 2.45) is 5.92 Å². The number of amides is 2. The summed E-state index contributed by atoms with van der Waals surface area (Å²) < 4.78 is 0. The summed E-state index contributed by atoms with van der Waals surface area (Å²) in [6, 6.07) is 9.73. The Bertz CT molecular complexity index is 485. The summed E-state index contributed by atoms with van der Waals surface area (Å²) in [5, 5.41) is 2.68. The van der Waals surface area contributed by atoms with Crippen LogP contribution in [-0.2, 0) is 9.59 Å². The maximum Gasteiger partial charge on any atom is 0.243 e. The number of rotatable bonds is 4. The van der Waals surface area contributed by atoms with Gasteiger partial charge in [0, 0.05) is 6.54 Å². The minimum atomic E-state index is -0.359. The van der Waals surface area contributed by atoms with Crippen molar-refractivity contribution in [1.29, 1.82) is 0 Å². The Labute approximate surface area is 120 Å². The number of hydrogen-bond acceptors (Lipinski definition) is 2. The molecule has 2 rings (SSSR count). The van der Waals surface area contributed by atoms with E-state index in [9.17, 15) is 9.59 Å². The Morgan fingerprint density at radius 2 is 1.85 bits per heavy atom. The standard InChI is InChI=1S/C16H22N2O2/c1-11(2)15-16(20)17-9-14(19)18(15)10-12(3)13-7-5-4-6-8-13/h4-8,11-12,15H,9-10H2,1-3H3,(H,17,20). The van der Waals surface area contributed by atoms with Gasteiger partial charge in [-0.3, -0.25) is 9.59 Å². The Kier molecular flexibility index (Phi) is 4.42. The van der Waals surface area contributed by atoms with E-state index in [0.717, 1.165) is 0 Å². The second-order valence-electron chi connectivity index (χ2n) is 5.76. The zero-order valence-corrected chi connectivity index (χ0v) is 12.3. The van der Waals surface area contributed by atoms with Gasteiger partial charge in [-0.05, 0) is 17.4 Å². The number of benzene rings is 1. The number of hydrogen-bond donors (Lipinski definition) is 1. The van der Waals surface area contributed by atoms with E-state index in [1.165, 1.54) is 5.56 Å². The van der Waals surface area contributed by atoms with E-state index in [1.54, 1.807) is 4.90 Å². The number of nitrogens with one attached hydrogen (secondary N) is 1. The summed E-state index contributed by atoms with van der Waals surface area (Å²) in [5.74, 6) is 0.292. The number of piperazine rings is 1. The van der Waals surface area contributed by atoms with Gasteiger partial charge in [-0.15, -0.1) is 0 Å². The third-order valence-electron chi connectivity index (χ3n) is 3.81. The molecule has 1 N–H and O–H groups in total. The van der Waals surface area contributed by atoms with Gasteiger partial charge in [0.2, 0.25) is 11.8 Å². The molecule has 0 bridgehead atoms. The first-order valence-electron chi connectivity index (χ1n) is 7.13. The average Bonchev–Trinajstić information content (AvgIpc) is 2.43. The lowest BCUT2D eigenvalue weighted by atomic mass is 9.95. The third kappa shape index (κ3) is 3.00. The fraction of sp³-hybridized carbons (Fsp3) is 0.500. The maximum absolute atomic E-state index is 12.1. The van der Waals surface area contributed by atoms with Gasteiger partial charge in [0.1, 0.15) is 6.04 Å². The lowest BCUT2D eigenvalue weighted by molar-refractivity contribution is -0.147. The van der Waals surface area contributed by atoms with Crippen LogP contribution in [0.5, 0.6) is 0 Å². The van der Waals surface area contributed by atoms with Gasteiger partial charge < -0.3 is 10.2 Å². The first-order valence-corrected chi connectivity index (χ1v) is 7.13. The van der Waals surface area contributed by atoms with Crippen LogP contribution in [0.4, 0.5) is 0 Å². The second kappa shape index (κ2) is 6.07. The molecular weight excluding hydrogens is 252 g/mol. The van der Waals surface area contributed by atoms with Crippen molar-refractivity contribution in [1.82, 2.24) is 10.2 Å². The van der Waals surface area contributed by atoms with Crippen molar-refractivity contribution in [2.45, 2.75) is 32.7 Å². The Morgan fingerprint density at radius 1 is 1.20 bits per heavy atom. The minimum absolute atomic E-state index is 0.00563. The molecule has 4 heteroatoms. The molecular formula is C16H22N2O2. The molecule has 1 aliphatic rings. The molecule has 1 aliphatic heterocycles.